The number of anilines is 1. The van der Waals surface area contributed by atoms with Crippen LogP contribution in [0.15, 0.2) is 29.3 Å². The molecule has 0 bridgehead atoms. The standard InChI is InChI=1S/C13H22N4O2/c1-3-19-12-8-5-4-7-11(12)16-13(17-14)15-9-6-10-18-2/h4-5,7-8H,3,6,9-10,14H2,1-2H3,(H2,15,16,17). The van der Waals surface area contributed by atoms with Crippen LogP contribution in [0.5, 0.6) is 5.75 Å². The molecule has 1 aromatic rings. The molecule has 0 saturated heterocycles. The number of hydrogen-bond donors (Lipinski definition) is 3. The summed E-state index contributed by atoms with van der Waals surface area (Å²) in [6, 6.07) is 7.64. The van der Waals surface area contributed by atoms with Crippen LogP contribution < -0.4 is 21.3 Å². The Morgan fingerprint density at radius 2 is 2.16 bits per heavy atom. The molecule has 1 aromatic carbocycles. The second-order valence-electron chi connectivity index (χ2n) is 3.78. The molecule has 0 unspecified atom stereocenters. The molecule has 0 aliphatic rings. The highest BCUT2D eigenvalue weighted by atomic mass is 16.5. The minimum absolute atomic E-state index is 0.503. The Bertz CT molecular complexity index is 396. The summed E-state index contributed by atoms with van der Waals surface area (Å²) in [4.78, 5) is 4.31. The van der Waals surface area contributed by atoms with E-state index in [-0.39, 0.29) is 0 Å². The van der Waals surface area contributed by atoms with Gasteiger partial charge in [-0.3, -0.25) is 10.4 Å². The van der Waals surface area contributed by atoms with Crippen LogP contribution in [0.4, 0.5) is 5.69 Å². The zero-order chi connectivity index (χ0) is 13.9. The first-order chi connectivity index (χ1) is 9.31. The van der Waals surface area contributed by atoms with Gasteiger partial charge in [-0.15, -0.1) is 0 Å². The molecule has 0 heterocycles. The van der Waals surface area contributed by atoms with E-state index >= 15 is 0 Å². The van der Waals surface area contributed by atoms with Crippen molar-refractivity contribution in [3.63, 3.8) is 0 Å². The molecular weight excluding hydrogens is 244 g/mol. The van der Waals surface area contributed by atoms with Gasteiger partial charge >= 0.3 is 0 Å². The second kappa shape index (κ2) is 9.18. The molecule has 0 amide bonds. The molecule has 0 saturated carbocycles. The van der Waals surface area contributed by atoms with Crippen molar-refractivity contribution in [1.82, 2.24) is 5.43 Å². The topological polar surface area (TPSA) is 80.9 Å². The maximum absolute atomic E-state index is 5.52. The summed E-state index contributed by atoms with van der Waals surface area (Å²) < 4.78 is 10.5. The number of hydrogen-bond acceptors (Lipinski definition) is 4. The molecule has 4 N–H and O–H groups in total. The van der Waals surface area contributed by atoms with Crippen LogP contribution in [0.3, 0.4) is 0 Å². The van der Waals surface area contributed by atoms with Crippen LogP contribution in [-0.2, 0) is 4.74 Å². The summed E-state index contributed by atoms with van der Waals surface area (Å²) >= 11 is 0. The predicted octanol–water partition coefficient (Wildman–Crippen LogP) is 1.35. The van der Waals surface area contributed by atoms with Crippen LogP contribution in [0.25, 0.3) is 0 Å². The number of nitrogens with one attached hydrogen (secondary N) is 2. The molecule has 0 radical (unpaired) electrons. The molecule has 0 aliphatic carbocycles. The van der Waals surface area contributed by atoms with Gasteiger partial charge in [-0.05, 0) is 25.5 Å². The van der Waals surface area contributed by atoms with Crippen molar-refractivity contribution >= 4 is 11.6 Å². The number of para-hydroxylation sites is 2. The summed E-state index contributed by atoms with van der Waals surface area (Å²) in [6.45, 7) is 3.86. The van der Waals surface area contributed by atoms with Gasteiger partial charge in [-0.25, -0.2) is 5.84 Å². The number of nitrogens with two attached hydrogens (primary N) is 1. The van der Waals surface area contributed by atoms with E-state index in [1.165, 1.54) is 0 Å². The number of rotatable bonds is 7. The fourth-order valence-corrected chi connectivity index (χ4v) is 1.50. The minimum atomic E-state index is 0.503. The minimum Gasteiger partial charge on any atom is -0.492 e. The van der Waals surface area contributed by atoms with Crippen LogP contribution in [0.2, 0.25) is 0 Å². The van der Waals surface area contributed by atoms with E-state index in [1.54, 1.807) is 7.11 Å². The smallest absolute Gasteiger partial charge is 0.210 e. The first kappa shape index (κ1) is 15.3. The maximum atomic E-state index is 5.52. The lowest BCUT2D eigenvalue weighted by Crippen LogP contribution is -2.36. The van der Waals surface area contributed by atoms with Gasteiger partial charge in [-0.1, -0.05) is 12.1 Å². The molecule has 0 aromatic heterocycles. The van der Waals surface area contributed by atoms with Gasteiger partial charge in [0.15, 0.2) is 0 Å². The second-order valence-corrected chi connectivity index (χ2v) is 3.78. The highest BCUT2D eigenvalue weighted by Crippen LogP contribution is 2.23. The van der Waals surface area contributed by atoms with Crippen LogP contribution >= 0.6 is 0 Å². The first-order valence-electron chi connectivity index (χ1n) is 6.30. The third-order valence-electron chi connectivity index (χ3n) is 2.35. The Morgan fingerprint density at radius 1 is 1.37 bits per heavy atom. The number of guanidine groups is 1. The molecule has 0 fully saturated rings. The fraction of sp³-hybridized carbons (Fsp3) is 0.462. The lowest BCUT2D eigenvalue weighted by molar-refractivity contribution is 0.197. The van der Waals surface area contributed by atoms with Gasteiger partial charge in [0, 0.05) is 20.3 Å². The van der Waals surface area contributed by atoms with Gasteiger partial charge in [0.2, 0.25) is 5.96 Å². The zero-order valence-electron chi connectivity index (χ0n) is 11.5. The van der Waals surface area contributed by atoms with Crippen molar-refractivity contribution < 1.29 is 9.47 Å². The molecule has 6 nitrogen and oxygen atoms in total. The van der Waals surface area contributed by atoms with Crippen LogP contribution in [0, 0.1) is 0 Å². The van der Waals surface area contributed by atoms with Gasteiger partial charge in [0.05, 0.1) is 12.3 Å². The van der Waals surface area contributed by atoms with Crippen molar-refractivity contribution in [3.05, 3.63) is 24.3 Å². The quantitative estimate of drug-likeness (QED) is 0.228. The summed E-state index contributed by atoms with van der Waals surface area (Å²) in [5.74, 6) is 6.72. The molecule has 0 spiro atoms. The van der Waals surface area contributed by atoms with Crippen molar-refractivity contribution in [2.75, 3.05) is 32.2 Å². The Balaban J connectivity index is 2.64. The Hall–Kier alpha value is -1.79. The molecule has 106 valence electrons. The molecule has 0 atom stereocenters. The van der Waals surface area contributed by atoms with Gasteiger partial charge in [-0.2, -0.15) is 0 Å². The Kier molecular flexibility index (Phi) is 7.38. The normalized spacial score (nSPS) is 11.2. The summed E-state index contributed by atoms with van der Waals surface area (Å²) in [5, 5.41) is 3.11. The van der Waals surface area contributed by atoms with Crippen molar-refractivity contribution in [3.8, 4) is 5.75 Å². The van der Waals surface area contributed by atoms with Gasteiger partial charge in [0.25, 0.3) is 0 Å². The lowest BCUT2D eigenvalue weighted by Gasteiger charge is -2.13. The molecule has 0 aliphatic heterocycles. The highest BCUT2D eigenvalue weighted by molar-refractivity contribution is 5.94. The van der Waals surface area contributed by atoms with E-state index < -0.39 is 0 Å². The van der Waals surface area contributed by atoms with Crippen molar-refractivity contribution in [1.29, 1.82) is 0 Å². The third kappa shape index (κ3) is 5.58. The van der Waals surface area contributed by atoms with E-state index in [0.717, 1.165) is 17.9 Å². The van der Waals surface area contributed by atoms with E-state index in [9.17, 15) is 0 Å². The maximum Gasteiger partial charge on any atom is 0.210 e. The highest BCUT2D eigenvalue weighted by Gasteiger charge is 2.04. The summed E-state index contributed by atoms with van der Waals surface area (Å²) in [6.07, 6.45) is 0.844. The monoisotopic (exact) mass is 266 g/mol. The third-order valence-corrected chi connectivity index (χ3v) is 2.35. The number of nitrogens with zero attached hydrogens (tertiary/aromatic N) is 1. The number of hydrazine groups is 1. The predicted molar refractivity (Wildman–Crippen MR) is 77.4 cm³/mol. The molecule has 1 rings (SSSR count). The number of methoxy groups -OCH3 is 1. The SMILES string of the molecule is CCOc1ccccc1NC(=NCCCOC)NN. The van der Waals surface area contributed by atoms with Crippen LogP contribution in [-0.4, -0.2) is 32.8 Å². The zero-order valence-corrected chi connectivity index (χ0v) is 11.5. The van der Waals surface area contributed by atoms with E-state index in [4.69, 9.17) is 15.3 Å². The molecule has 19 heavy (non-hydrogen) atoms. The van der Waals surface area contributed by atoms with E-state index in [1.807, 2.05) is 31.2 Å². The summed E-state index contributed by atoms with van der Waals surface area (Å²) in [5.41, 5.74) is 3.37. The average molecular weight is 266 g/mol. The van der Waals surface area contributed by atoms with Crippen molar-refractivity contribution in [2.45, 2.75) is 13.3 Å². The fourth-order valence-electron chi connectivity index (χ4n) is 1.50. The largest absolute Gasteiger partial charge is 0.492 e. The van der Waals surface area contributed by atoms with Crippen molar-refractivity contribution in [2.24, 2.45) is 10.8 Å². The summed E-state index contributed by atoms with van der Waals surface area (Å²) in [7, 11) is 1.67. The van der Waals surface area contributed by atoms with Gasteiger partial charge in [0.1, 0.15) is 5.75 Å². The van der Waals surface area contributed by atoms with Gasteiger partial charge < -0.3 is 14.8 Å². The van der Waals surface area contributed by atoms with Crippen LogP contribution in [0.1, 0.15) is 13.3 Å². The van der Waals surface area contributed by atoms with E-state index in [2.05, 4.69) is 15.7 Å². The Morgan fingerprint density at radius 3 is 2.84 bits per heavy atom. The first-order valence-corrected chi connectivity index (χ1v) is 6.30. The van der Waals surface area contributed by atoms with E-state index in [0.29, 0.717) is 25.7 Å². The molecular formula is C13H22N4O2. The lowest BCUT2D eigenvalue weighted by atomic mass is 10.3. The number of benzene rings is 1. The Labute approximate surface area is 114 Å². The average Bonchev–Trinajstić information content (AvgIpc) is 2.44. The number of aliphatic imine (C=N–C) groups is 1. The number of ether oxygens (including phenoxy) is 2. The molecule has 6 heteroatoms.